The van der Waals surface area contributed by atoms with Crippen LogP contribution in [0.1, 0.15) is 116 Å². The Morgan fingerprint density at radius 2 is 1.08 bits per heavy atom. The normalized spacial score (nSPS) is 18.5. The summed E-state index contributed by atoms with van der Waals surface area (Å²) in [4.78, 5) is 8.89. The Morgan fingerprint density at radius 3 is 1.51 bits per heavy atom. The molecule has 2 aliphatic heterocycles. The van der Waals surface area contributed by atoms with Crippen LogP contribution in [-0.2, 0) is 9.47 Å². The number of hydrogen-bond acceptors (Lipinski definition) is 9. The number of unbranched alkanes of at least 4 members (excludes halogenated alkanes) is 15. The number of ether oxygens (including phenoxy) is 2. The highest BCUT2D eigenvalue weighted by molar-refractivity contribution is 8.00. The van der Waals surface area contributed by atoms with Gasteiger partial charge in [0.25, 0.3) is 0 Å². The van der Waals surface area contributed by atoms with Crippen molar-refractivity contribution in [3.63, 3.8) is 0 Å². The van der Waals surface area contributed by atoms with Crippen LogP contribution in [-0.4, -0.2) is 93.9 Å². The van der Waals surface area contributed by atoms with E-state index in [0.29, 0.717) is 18.2 Å². The third kappa shape index (κ3) is 12.7. The Bertz CT molecular complexity index is 697. The minimum absolute atomic E-state index is 0.159. The lowest BCUT2D eigenvalue weighted by atomic mass is 10.0. The van der Waals surface area contributed by atoms with Gasteiger partial charge in [-0.1, -0.05) is 103 Å². The first-order chi connectivity index (χ1) is 19.1. The predicted octanol–water partition coefficient (Wildman–Crippen LogP) is 5.04. The van der Waals surface area contributed by atoms with Crippen LogP contribution in [0, 0.1) is 0 Å². The van der Waals surface area contributed by atoms with Crippen molar-refractivity contribution in [2.75, 3.05) is 45.3 Å². The molecule has 0 radical (unpaired) electrons. The maximum absolute atomic E-state index is 9.70. The topological polar surface area (TPSA) is 124 Å². The van der Waals surface area contributed by atoms with Gasteiger partial charge >= 0.3 is 0 Å². The van der Waals surface area contributed by atoms with Gasteiger partial charge in [-0.2, -0.15) is 0 Å². The smallest absolute Gasteiger partial charge is 0.198 e. The fourth-order valence-electron chi connectivity index (χ4n) is 5.01. The largest absolute Gasteiger partial charge is 0.468 e. The molecule has 2 heterocycles. The second-order valence-corrected chi connectivity index (χ2v) is 12.7. The molecule has 39 heavy (non-hydrogen) atoms. The minimum atomic E-state index is -1.07. The number of rotatable bonds is 25. The minimum Gasteiger partial charge on any atom is -0.468 e. The van der Waals surface area contributed by atoms with Gasteiger partial charge in [-0.25, -0.2) is 0 Å². The van der Waals surface area contributed by atoms with Crippen molar-refractivity contribution in [1.82, 2.24) is 0 Å². The zero-order valence-electron chi connectivity index (χ0n) is 24.5. The van der Waals surface area contributed by atoms with E-state index >= 15 is 0 Å². The van der Waals surface area contributed by atoms with E-state index < -0.39 is 11.2 Å². The van der Waals surface area contributed by atoms with Crippen LogP contribution in [0.3, 0.4) is 0 Å². The molecule has 0 saturated carbocycles. The molecule has 2 rings (SSSR count). The summed E-state index contributed by atoms with van der Waals surface area (Å²) in [6, 6.07) is 0. The van der Waals surface area contributed by atoms with E-state index in [1.54, 1.807) is 11.8 Å². The Morgan fingerprint density at radius 1 is 0.641 bits per heavy atom. The van der Waals surface area contributed by atoms with Crippen LogP contribution >= 0.6 is 11.8 Å². The van der Waals surface area contributed by atoms with Gasteiger partial charge < -0.3 is 29.9 Å². The van der Waals surface area contributed by atoms with Crippen LogP contribution < -0.4 is 0 Å². The third-order valence-corrected chi connectivity index (χ3v) is 9.12. The molecule has 2 aliphatic rings. The fourth-order valence-corrected chi connectivity index (χ4v) is 6.19. The van der Waals surface area contributed by atoms with Gasteiger partial charge in [0.2, 0.25) is 0 Å². The van der Waals surface area contributed by atoms with E-state index in [9.17, 15) is 20.4 Å². The molecule has 228 valence electrons. The molecule has 1 unspecified atom stereocenters. The number of thioether (sulfide) groups is 1. The van der Waals surface area contributed by atoms with Gasteiger partial charge in [0.15, 0.2) is 23.0 Å². The molecule has 0 spiro atoms. The SMILES string of the molecule is CCCCCCCCCCCCCCCCCCSC(CC1=NCC(CO)(CO)O1)C1=NCC(CO)(CO)O1. The molecule has 0 aromatic heterocycles. The Kier molecular flexibility index (Phi) is 17.7. The number of aliphatic imine (C=N–C) groups is 2. The summed E-state index contributed by atoms with van der Waals surface area (Å²) in [6.07, 6.45) is 21.9. The molecule has 4 N–H and O–H groups in total. The molecule has 0 aliphatic carbocycles. The first kappa shape index (κ1) is 34.3. The molecule has 8 nitrogen and oxygen atoms in total. The molecule has 0 saturated heterocycles. The second kappa shape index (κ2) is 20.1. The van der Waals surface area contributed by atoms with E-state index in [-0.39, 0.29) is 44.8 Å². The van der Waals surface area contributed by atoms with Crippen molar-refractivity contribution in [3.8, 4) is 0 Å². The second-order valence-electron chi connectivity index (χ2n) is 11.4. The molecule has 0 aromatic carbocycles. The van der Waals surface area contributed by atoms with Gasteiger partial charge in [-0.05, 0) is 12.2 Å². The maximum Gasteiger partial charge on any atom is 0.198 e. The highest BCUT2D eigenvalue weighted by atomic mass is 32.2. The maximum atomic E-state index is 9.70. The van der Waals surface area contributed by atoms with Crippen molar-refractivity contribution in [2.24, 2.45) is 9.98 Å². The number of aliphatic hydroxyl groups excluding tert-OH is 4. The predicted molar refractivity (Wildman–Crippen MR) is 161 cm³/mol. The van der Waals surface area contributed by atoms with Crippen molar-refractivity contribution >= 4 is 23.6 Å². The Labute approximate surface area is 241 Å². The molecule has 9 heteroatoms. The number of nitrogens with zero attached hydrogens (tertiary/aromatic N) is 2. The fraction of sp³-hybridized carbons (Fsp3) is 0.933. The van der Waals surface area contributed by atoms with E-state index in [0.717, 1.165) is 12.2 Å². The quantitative estimate of drug-likeness (QED) is 0.113. The Hall–Kier alpha value is -0.870. The highest BCUT2D eigenvalue weighted by Crippen LogP contribution is 2.30. The third-order valence-electron chi connectivity index (χ3n) is 7.83. The van der Waals surface area contributed by atoms with E-state index in [1.807, 2.05) is 0 Å². The summed E-state index contributed by atoms with van der Waals surface area (Å²) >= 11 is 1.72. The zero-order chi connectivity index (χ0) is 28.2. The zero-order valence-corrected chi connectivity index (χ0v) is 25.3. The molecule has 0 bridgehead atoms. The summed E-state index contributed by atoms with van der Waals surface area (Å²) in [5, 5.41) is 38.5. The first-order valence-electron chi connectivity index (χ1n) is 15.6. The first-order valence-corrected chi connectivity index (χ1v) is 16.6. The van der Waals surface area contributed by atoms with Crippen molar-refractivity contribution in [3.05, 3.63) is 0 Å². The lowest BCUT2D eigenvalue weighted by Crippen LogP contribution is -2.43. The summed E-state index contributed by atoms with van der Waals surface area (Å²) in [6.45, 7) is 1.50. The molecule has 0 aromatic rings. The van der Waals surface area contributed by atoms with Gasteiger partial charge in [0.1, 0.15) is 0 Å². The molecule has 0 fully saturated rings. The van der Waals surface area contributed by atoms with Crippen LogP contribution in [0.25, 0.3) is 0 Å². The van der Waals surface area contributed by atoms with Gasteiger partial charge in [0, 0.05) is 6.42 Å². The molecular weight excluding hydrogens is 516 g/mol. The molecule has 0 amide bonds. The van der Waals surface area contributed by atoms with Crippen molar-refractivity contribution < 1.29 is 29.9 Å². The monoisotopic (exact) mass is 572 g/mol. The lowest BCUT2D eigenvalue weighted by Gasteiger charge is -2.27. The summed E-state index contributed by atoms with van der Waals surface area (Å²) < 4.78 is 11.7. The van der Waals surface area contributed by atoms with E-state index in [2.05, 4.69) is 16.9 Å². The van der Waals surface area contributed by atoms with Crippen LogP contribution in [0.5, 0.6) is 0 Å². The van der Waals surface area contributed by atoms with Crippen LogP contribution in [0.4, 0.5) is 0 Å². The summed E-state index contributed by atoms with van der Waals surface area (Å²) in [5.41, 5.74) is -2.13. The Balaban J connectivity index is 1.58. The van der Waals surface area contributed by atoms with Gasteiger partial charge in [-0.15, -0.1) is 11.8 Å². The van der Waals surface area contributed by atoms with E-state index in [1.165, 1.54) is 96.3 Å². The number of aliphatic hydroxyl groups is 4. The molecular formula is C30H56N2O6S. The summed E-state index contributed by atoms with van der Waals surface area (Å²) in [5.74, 6) is 1.91. The highest BCUT2D eigenvalue weighted by Gasteiger charge is 2.42. The molecule has 1 atom stereocenters. The van der Waals surface area contributed by atoms with E-state index in [4.69, 9.17) is 9.47 Å². The lowest BCUT2D eigenvalue weighted by molar-refractivity contribution is -0.0249. The van der Waals surface area contributed by atoms with Gasteiger partial charge in [-0.3, -0.25) is 9.98 Å². The average Bonchev–Trinajstić information content (AvgIpc) is 3.59. The van der Waals surface area contributed by atoms with Crippen LogP contribution in [0.15, 0.2) is 9.98 Å². The summed E-state index contributed by atoms with van der Waals surface area (Å²) in [7, 11) is 0. The van der Waals surface area contributed by atoms with Crippen molar-refractivity contribution in [2.45, 2.75) is 133 Å². The van der Waals surface area contributed by atoms with Gasteiger partial charge in [0.05, 0.1) is 44.8 Å². The standard InChI is InChI=1S/C30H56N2O6S/c1-2-3-4-5-6-7-8-9-10-11-12-13-14-15-16-17-18-39-26(28-32-21-30(24-35,25-36)38-28)19-27-31-20-29(22-33,23-34)37-27/h26,33-36H,2-25H2,1H3. The van der Waals surface area contributed by atoms with Crippen molar-refractivity contribution in [1.29, 1.82) is 0 Å². The average molecular weight is 573 g/mol. The van der Waals surface area contributed by atoms with Crippen LogP contribution in [0.2, 0.25) is 0 Å². The number of hydrogen-bond donors (Lipinski definition) is 4.